The van der Waals surface area contributed by atoms with E-state index in [1.807, 2.05) is 36.4 Å². The van der Waals surface area contributed by atoms with Gasteiger partial charge in [0.2, 0.25) is 5.91 Å². The number of fused-ring (bicyclic) bond motifs is 1. The Balaban J connectivity index is 1.57. The lowest BCUT2D eigenvalue weighted by Crippen LogP contribution is -2.50. The second-order valence-electron chi connectivity index (χ2n) is 7.02. The van der Waals surface area contributed by atoms with Gasteiger partial charge in [0.25, 0.3) is 5.91 Å². The Morgan fingerprint density at radius 2 is 1.84 bits per heavy atom. The van der Waals surface area contributed by atoms with Crippen LogP contribution in [0.4, 0.5) is 5.69 Å². The molecule has 0 saturated heterocycles. The molecule has 0 bridgehead atoms. The van der Waals surface area contributed by atoms with Gasteiger partial charge < -0.3 is 10.2 Å². The Labute approximate surface area is 147 Å². The van der Waals surface area contributed by atoms with Gasteiger partial charge in [0, 0.05) is 24.7 Å². The van der Waals surface area contributed by atoms with E-state index in [0.29, 0.717) is 12.1 Å². The quantitative estimate of drug-likeness (QED) is 0.935. The normalized spacial score (nSPS) is 17.6. The molecule has 0 spiro atoms. The monoisotopic (exact) mass is 334 g/mol. The Bertz CT molecular complexity index is 825. The smallest absolute Gasteiger partial charge is 0.251 e. The number of nitrogens with zero attached hydrogens (tertiary/aromatic N) is 1. The molecule has 1 aliphatic carbocycles. The summed E-state index contributed by atoms with van der Waals surface area (Å²) in [5.41, 5.74) is 3.63. The number of amides is 2. The molecule has 0 atom stereocenters. The summed E-state index contributed by atoms with van der Waals surface area (Å²) in [6.45, 7) is 2.28. The van der Waals surface area contributed by atoms with Crippen molar-refractivity contribution in [1.82, 2.24) is 5.32 Å². The summed E-state index contributed by atoms with van der Waals surface area (Å²) >= 11 is 0. The van der Waals surface area contributed by atoms with E-state index in [2.05, 4.69) is 17.4 Å². The minimum atomic E-state index is -0.233. The lowest BCUT2D eigenvalue weighted by molar-refractivity contribution is -0.116. The highest BCUT2D eigenvalue weighted by molar-refractivity contribution is 5.98. The maximum absolute atomic E-state index is 12.9. The van der Waals surface area contributed by atoms with Crippen molar-refractivity contribution in [3.05, 3.63) is 65.2 Å². The fraction of sp³-hybridized carbons (Fsp3) is 0.333. The van der Waals surface area contributed by atoms with Crippen LogP contribution in [0, 0.1) is 0 Å². The second kappa shape index (κ2) is 6.03. The molecule has 2 aromatic rings. The van der Waals surface area contributed by atoms with Gasteiger partial charge in [-0.3, -0.25) is 9.59 Å². The molecule has 1 heterocycles. The lowest BCUT2D eigenvalue weighted by Gasteiger charge is -2.43. The fourth-order valence-corrected chi connectivity index (χ4v) is 3.93. The third kappa shape index (κ3) is 2.72. The van der Waals surface area contributed by atoms with Crippen molar-refractivity contribution in [3.8, 4) is 0 Å². The first kappa shape index (κ1) is 15.9. The van der Waals surface area contributed by atoms with Crippen molar-refractivity contribution in [2.45, 2.75) is 38.1 Å². The SMILES string of the molecule is CC(=O)N1CCc2cc(C(=O)NC3(c4ccccc4)CCC3)ccc21. The van der Waals surface area contributed by atoms with Crippen LogP contribution in [0.25, 0.3) is 0 Å². The number of rotatable bonds is 3. The topological polar surface area (TPSA) is 49.4 Å². The van der Waals surface area contributed by atoms with E-state index < -0.39 is 0 Å². The van der Waals surface area contributed by atoms with Crippen molar-refractivity contribution in [3.63, 3.8) is 0 Å². The molecule has 0 radical (unpaired) electrons. The minimum Gasteiger partial charge on any atom is -0.343 e. The first-order valence-electron chi connectivity index (χ1n) is 8.88. The van der Waals surface area contributed by atoms with Crippen LogP contribution in [-0.4, -0.2) is 18.4 Å². The molecular formula is C21H22N2O2. The van der Waals surface area contributed by atoms with Crippen molar-refractivity contribution < 1.29 is 9.59 Å². The largest absolute Gasteiger partial charge is 0.343 e. The van der Waals surface area contributed by atoms with E-state index in [0.717, 1.165) is 36.9 Å². The van der Waals surface area contributed by atoms with Crippen molar-refractivity contribution in [2.24, 2.45) is 0 Å². The average molecular weight is 334 g/mol. The zero-order valence-corrected chi connectivity index (χ0v) is 14.4. The molecule has 4 rings (SSSR count). The third-order valence-corrected chi connectivity index (χ3v) is 5.50. The highest BCUT2D eigenvalue weighted by Crippen LogP contribution is 2.41. The van der Waals surface area contributed by atoms with Gasteiger partial charge in [0.05, 0.1) is 5.54 Å². The minimum absolute atomic E-state index is 0.0346. The van der Waals surface area contributed by atoms with Crippen molar-refractivity contribution >= 4 is 17.5 Å². The summed E-state index contributed by atoms with van der Waals surface area (Å²) in [6.07, 6.45) is 3.89. The molecular weight excluding hydrogens is 312 g/mol. The highest BCUT2D eigenvalue weighted by atomic mass is 16.2. The summed E-state index contributed by atoms with van der Waals surface area (Å²) in [6, 6.07) is 15.9. The molecule has 2 amide bonds. The van der Waals surface area contributed by atoms with Gasteiger partial charge in [0.15, 0.2) is 0 Å². The number of carbonyl (C=O) groups excluding carboxylic acids is 2. The molecule has 0 unspecified atom stereocenters. The zero-order chi connectivity index (χ0) is 17.4. The molecule has 128 valence electrons. The number of carbonyl (C=O) groups is 2. The predicted octanol–water partition coefficient (Wildman–Crippen LogP) is 3.40. The van der Waals surface area contributed by atoms with Gasteiger partial charge in [-0.2, -0.15) is 0 Å². The van der Waals surface area contributed by atoms with E-state index in [9.17, 15) is 9.59 Å². The first-order valence-corrected chi connectivity index (χ1v) is 8.88. The summed E-state index contributed by atoms with van der Waals surface area (Å²) in [7, 11) is 0. The standard InChI is InChI=1S/C21H22N2O2/c1-15(24)23-13-10-16-14-17(8-9-19(16)23)20(25)22-21(11-5-12-21)18-6-3-2-4-7-18/h2-4,6-9,14H,5,10-13H2,1H3,(H,22,25). The molecule has 1 aliphatic heterocycles. The number of anilines is 1. The van der Waals surface area contributed by atoms with E-state index in [4.69, 9.17) is 0 Å². The molecule has 4 nitrogen and oxygen atoms in total. The Morgan fingerprint density at radius 1 is 1.08 bits per heavy atom. The van der Waals surface area contributed by atoms with Gasteiger partial charge >= 0.3 is 0 Å². The number of hydrogen-bond acceptors (Lipinski definition) is 2. The second-order valence-corrected chi connectivity index (χ2v) is 7.02. The Kier molecular flexibility index (Phi) is 3.83. The Morgan fingerprint density at radius 3 is 2.48 bits per heavy atom. The summed E-state index contributed by atoms with van der Waals surface area (Å²) < 4.78 is 0. The molecule has 2 aliphatic rings. The third-order valence-electron chi connectivity index (χ3n) is 5.50. The first-order chi connectivity index (χ1) is 12.1. The van der Waals surface area contributed by atoms with Crippen LogP contribution in [0.1, 0.15) is 47.7 Å². The predicted molar refractivity (Wildman–Crippen MR) is 97.6 cm³/mol. The molecule has 4 heteroatoms. The molecule has 1 saturated carbocycles. The molecule has 1 fully saturated rings. The number of nitrogens with one attached hydrogen (secondary N) is 1. The van der Waals surface area contributed by atoms with Crippen LogP contribution in [0.3, 0.4) is 0 Å². The maximum Gasteiger partial charge on any atom is 0.251 e. The highest BCUT2D eigenvalue weighted by Gasteiger charge is 2.40. The molecule has 0 aromatic heterocycles. The Hall–Kier alpha value is -2.62. The van der Waals surface area contributed by atoms with E-state index >= 15 is 0 Å². The van der Waals surface area contributed by atoms with Gasteiger partial charge in [-0.05, 0) is 55.0 Å². The van der Waals surface area contributed by atoms with Crippen molar-refractivity contribution in [1.29, 1.82) is 0 Å². The van der Waals surface area contributed by atoms with Crippen LogP contribution >= 0.6 is 0 Å². The molecule has 25 heavy (non-hydrogen) atoms. The summed E-state index contributed by atoms with van der Waals surface area (Å²) in [5, 5.41) is 3.27. The summed E-state index contributed by atoms with van der Waals surface area (Å²) in [5.74, 6) is 0.0149. The van der Waals surface area contributed by atoms with E-state index in [-0.39, 0.29) is 17.4 Å². The molecule has 1 N–H and O–H groups in total. The van der Waals surface area contributed by atoms with Gasteiger partial charge in [-0.25, -0.2) is 0 Å². The van der Waals surface area contributed by atoms with E-state index in [1.165, 1.54) is 5.56 Å². The van der Waals surface area contributed by atoms with Gasteiger partial charge in [-0.15, -0.1) is 0 Å². The lowest BCUT2D eigenvalue weighted by atomic mass is 9.71. The van der Waals surface area contributed by atoms with Crippen molar-refractivity contribution in [2.75, 3.05) is 11.4 Å². The average Bonchev–Trinajstić information content (AvgIpc) is 3.02. The fourth-order valence-electron chi connectivity index (χ4n) is 3.93. The van der Waals surface area contributed by atoms with E-state index in [1.54, 1.807) is 11.8 Å². The number of hydrogen-bond donors (Lipinski definition) is 1. The van der Waals surface area contributed by atoms with Gasteiger partial charge in [0.1, 0.15) is 0 Å². The number of benzene rings is 2. The maximum atomic E-state index is 12.9. The van der Waals surface area contributed by atoms with Crippen LogP contribution < -0.4 is 10.2 Å². The zero-order valence-electron chi connectivity index (χ0n) is 14.4. The van der Waals surface area contributed by atoms with Crippen LogP contribution in [0.5, 0.6) is 0 Å². The molecule has 2 aromatic carbocycles. The van der Waals surface area contributed by atoms with Crippen LogP contribution in [0.2, 0.25) is 0 Å². The van der Waals surface area contributed by atoms with Crippen LogP contribution in [-0.2, 0) is 16.8 Å². The van der Waals surface area contributed by atoms with Gasteiger partial charge in [-0.1, -0.05) is 30.3 Å². The summed E-state index contributed by atoms with van der Waals surface area (Å²) in [4.78, 5) is 26.3. The van der Waals surface area contributed by atoms with Crippen LogP contribution in [0.15, 0.2) is 48.5 Å².